The molecule has 0 aromatic rings. The van der Waals surface area contributed by atoms with Crippen LogP contribution in [0.15, 0.2) is 0 Å². The molecule has 5 heteroatoms. The number of piperazine rings is 1. The van der Waals surface area contributed by atoms with E-state index in [-0.39, 0.29) is 23.8 Å². The fourth-order valence-corrected chi connectivity index (χ4v) is 2.72. The van der Waals surface area contributed by atoms with Crippen LogP contribution >= 0.6 is 0 Å². The number of hydrogen-bond acceptors (Lipinski definition) is 3. The normalized spacial score (nSPS) is 25.3. The minimum Gasteiger partial charge on any atom is -0.385 e. The lowest BCUT2D eigenvalue weighted by atomic mass is 9.88. The fourth-order valence-electron chi connectivity index (χ4n) is 2.72. The number of nitrogens with one attached hydrogen (secondary N) is 1. The van der Waals surface area contributed by atoms with Crippen molar-refractivity contribution in [2.45, 2.75) is 65.1 Å². The molecule has 3 atom stereocenters. The minimum absolute atomic E-state index is 0.0185. The summed E-state index contributed by atoms with van der Waals surface area (Å²) in [4.78, 5) is 26.8. The van der Waals surface area contributed by atoms with Crippen molar-refractivity contribution in [1.82, 2.24) is 10.2 Å². The molecule has 0 spiro atoms. The van der Waals surface area contributed by atoms with Gasteiger partial charge >= 0.3 is 0 Å². The van der Waals surface area contributed by atoms with Crippen LogP contribution in [0.25, 0.3) is 0 Å². The Morgan fingerprint density at radius 1 is 1.35 bits per heavy atom. The van der Waals surface area contributed by atoms with E-state index in [1.165, 1.54) is 0 Å². The highest BCUT2D eigenvalue weighted by atomic mass is 16.5. The van der Waals surface area contributed by atoms with Crippen molar-refractivity contribution < 1.29 is 14.3 Å². The first kappa shape index (κ1) is 17.0. The third kappa shape index (κ3) is 3.14. The van der Waals surface area contributed by atoms with Crippen LogP contribution in [0.5, 0.6) is 0 Å². The van der Waals surface area contributed by atoms with Crippen LogP contribution in [-0.4, -0.2) is 48.1 Å². The third-order valence-corrected chi connectivity index (χ3v) is 4.34. The van der Waals surface area contributed by atoms with Gasteiger partial charge in [0.1, 0.15) is 11.6 Å². The zero-order valence-electron chi connectivity index (χ0n) is 13.5. The first-order valence-corrected chi connectivity index (χ1v) is 7.40. The highest BCUT2D eigenvalue weighted by molar-refractivity contribution is 5.99. The molecule has 5 nitrogen and oxygen atoms in total. The lowest BCUT2D eigenvalue weighted by Crippen LogP contribution is -2.71. The summed E-state index contributed by atoms with van der Waals surface area (Å²) < 4.78 is 5.09. The van der Waals surface area contributed by atoms with Crippen LogP contribution in [0.1, 0.15) is 47.5 Å². The van der Waals surface area contributed by atoms with Gasteiger partial charge in [-0.1, -0.05) is 20.3 Å². The number of methoxy groups -OCH3 is 1. The zero-order chi connectivity index (χ0) is 15.5. The molecule has 1 heterocycles. The quantitative estimate of drug-likeness (QED) is 0.805. The van der Waals surface area contributed by atoms with E-state index in [4.69, 9.17) is 4.74 Å². The average Bonchev–Trinajstić information content (AvgIpc) is 2.39. The van der Waals surface area contributed by atoms with E-state index in [1.807, 2.05) is 20.8 Å². The van der Waals surface area contributed by atoms with Crippen molar-refractivity contribution in [2.75, 3.05) is 13.7 Å². The Morgan fingerprint density at radius 3 is 2.45 bits per heavy atom. The standard InChI is InChI=1S/C15H28N2O3/c1-7-10(2)12-13(18)17(11(3)8-9-20-6)15(4,5)14(19)16-12/h10-12H,7-9H2,1-6H3,(H,16,19). The summed E-state index contributed by atoms with van der Waals surface area (Å²) in [5.41, 5.74) is -0.811. The monoisotopic (exact) mass is 284 g/mol. The third-order valence-electron chi connectivity index (χ3n) is 4.34. The van der Waals surface area contributed by atoms with Crippen LogP contribution < -0.4 is 5.32 Å². The molecule has 0 radical (unpaired) electrons. The Hall–Kier alpha value is -1.10. The molecule has 1 rings (SSSR count). The highest BCUT2D eigenvalue weighted by Crippen LogP contribution is 2.28. The van der Waals surface area contributed by atoms with E-state index >= 15 is 0 Å². The maximum Gasteiger partial charge on any atom is 0.246 e. The summed E-state index contributed by atoms with van der Waals surface area (Å²) in [6, 6.07) is -0.430. The lowest BCUT2D eigenvalue weighted by Gasteiger charge is -2.48. The van der Waals surface area contributed by atoms with E-state index in [0.29, 0.717) is 6.61 Å². The predicted molar refractivity (Wildman–Crippen MR) is 78.3 cm³/mol. The number of nitrogens with zero attached hydrogens (tertiary/aromatic N) is 1. The van der Waals surface area contributed by atoms with Crippen LogP contribution in [0, 0.1) is 5.92 Å². The second-order valence-corrected chi connectivity index (χ2v) is 6.23. The van der Waals surface area contributed by atoms with Crippen LogP contribution in [0.3, 0.4) is 0 Å². The van der Waals surface area contributed by atoms with E-state index in [2.05, 4.69) is 5.32 Å². The number of ether oxygens (including phenoxy) is 1. The van der Waals surface area contributed by atoms with Crippen molar-refractivity contribution in [1.29, 1.82) is 0 Å². The smallest absolute Gasteiger partial charge is 0.246 e. The highest BCUT2D eigenvalue weighted by Gasteiger charge is 2.48. The van der Waals surface area contributed by atoms with Gasteiger partial charge in [0.2, 0.25) is 11.8 Å². The molecule has 0 aromatic carbocycles. The zero-order valence-corrected chi connectivity index (χ0v) is 13.5. The summed E-state index contributed by atoms with van der Waals surface area (Å²) in [7, 11) is 1.64. The molecule has 1 N–H and O–H groups in total. The molecular formula is C15H28N2O3. The summed E-state index contributed by atoms with van der Waals surface area (Å²) in [5, 5.41) is 2.89. The van der Waals surface area contributed by atoms with Gasteiger partial charge in [-0.05, 0) is 33.1 Å². The van der Waals surface area contributed by atoms with Crippen molar-refractivity contribution in [3.8, 4) is 0 Å². The molecule has 1 fully saturated rings. The van der Waals surface area contributed by atoms with E-state index in [1.54, 1.807) is 25.9 Å². The van der Waals surface area contributed by atoms with Gasteiger partial charge in [-0.2, -0.15) is 0 Å². The van der Waals surface area contributed by atoms with Gasteiger partial charge in [0, 0.05) is 19.8 Å². The van der Waals surface area contributed by atoms with Gasteiger partial charge in [-0.3, -0.25) is 9.59 Å². The maximum atomic E-state index is 12.8. The molecule has 0 saturated carbocycles. The predicted octanol–water partition coefficient (Wildman–Crippen LogP) is 1.56. The molecule has 1 aliphatic rings. The molecule has 3 unspecified atom stereocenters. The number of rotatable bonds is 6. The molecule has 1 saturated heterocycles. The number of amides is 2. The van der Waals surface area contributed by atoms with E-state index in [9.17, 15) is 9.59 Å². The molecular weight excluding hydrogens is 256 g/mol. The SMILES string of the molecule is CCC(C)C1NC(=O)C(C)(C)N(C(C)CCOC)C1=O. The molecule has 1 aliphatic heterocycles. The number of carbonyl (C=O) groups is 2. The van der Waals surface area contributed by atoms with Crippen LogP contribution in [0.2, 0.25) is 0 Å². The molecule has 0 aromatic heterocycles. The second kappa shape index (κ2) is 6.57. The number of carbonyl (C=O) groups excluding carboxylic acids is 2. The number of hydrogen-bond donors (Lipinski definition) is 1. The Labute approximate surface area is 122 Å². The summed E-state index contributed by atoms with van der Waals surface area (Å²) in [5.74, 6) is 0.0823. The van der Waals surface area contributed by atoms with Crippen molar-refractivity contribution in [3.05, 3.63) is 0 Å². The average molecular weight is 284 g/mol. The van der Waals surface area contributed by atoms with Crippen molar-refractivity contribution in [3.63, 3.8) is 0 Å². The second-order valence-electron chi connectivity index (χ2n) is 6.23. The van der Waals surface area contributed by atoms with Gasteiger partial charge in [0.15, 0.2) is 0 Å². The Kier molecular flexibility index (Phi) is 5.57. The van der Waals surface area contributed by atoms with Gasteiger partial charge in [-0.25, -0.2) is 0 Å². The minimum atomic E-state index is -0.811. The largest absolute Gasteiger partial charge is 0.385 e. The first-order valence-electron chi connectivity index (χ1n) is 7.40. The topological polar surface area (TPSA) is 58.6 Å². The lowest BCUT2D eigenvalue weighted by molar-refractivity contribution is -0.160. The fraction of sp³-hybridized carbons (Fsp3) is 0.867. The Balaban J connectivity index is 3.01. The van der Waals surface area contributed by atoms with E-state index in [0.717, 1.165) is 12.8 Å². The van der Waals surface area contributed by atoms with Gasteiger partial charge in [0.25, 0.3) is 0 Å². The van der Waals surface area contributed by atoms with Crippen LogP contribution in [-0.2, 0) is 14.3 Å². The summed E-state index contributed by atoms with van der Waals surface area (Å²) in [6.07, 6.45) is 1.59. The van der Waals surface area contributed by atoms with E-state index < -0.39 is 11.6 Å². The maximum absolute atomic E-state index is 12.8. The molecule has 0 aliphatic carbocycles. The molecule has 0 bridgehead atoms. The van der Waals surface area contributed by atoms with Crippen molar-refractivity contribution in [2.24, 2.45) is 5.92 Å². The Morgan fingerprint density at radius 2 is 1.95 bits per heavy atom. The summed E-state index contributed by atoms with van der Waals surface area (Å²) in [6.45, 7) is 10.2. The first-order chi connectivity index (χ1) is 9.27. The van der Waals surface area contributed by atoms with Gasteiger partial charge in [0.05, 0.1) is 0 Å². The van der Waals surface area contributed by atoms with Gasteiger partial charge < -0.3 is 15.0 Å². The molecule has 116 valence electrons. The Bertz CT molecular complexity index is 368. The molecule has 20 heavy (non-hydrogen) atoms. The molecule has 2 amide bonds. The summed E-state index contributed by atoms with van der Waals surface area (Å²) >= 11 is 0. The van der Waals surface area contributed by atoms with Crippen LogP contribution in [0.4, 0.5) is 0 Å². The van der Waals surface area contributed by atoms with Crippen molar-refractivity contribution >= 4 is 11.8 Å². The van der Waals surface area contributed by atoms with Gasteiger partial charge in [-0.15, -0.1) is 0 Å².